The first-order valence-electron chi connectivity index (χ1n) is 7.45. The molecule has 126 valence electrons. The second-order valence-electron chi connectivity index (χ2n) is 6.64. The Labute approximate surface area is 146 Å². The van der Waals surface area contributed by atoms with Gasteiger partial charge in [0.25, 0.3) is 0 Å². The van der Waals surface area contributed by atoms with Crippen molar-refractivity contribution in [2.75, 3.05) is 18.0 Å². The van der Waals surface area contributed by atoms with Crippen LogP contribution in [-0.2, 0) is 4.79 Å². The number of halogens is 2. The van der Waals surface area contributed by atoms with E-state index in [0.29, 0.717) is 28.8 Å². The van der Waals surface area contributed by atoms with Crippen LogP contribution >= 0.6 is 23.2 Å². The molecule has 1 atom stereocenters. The van der Waals surface area contributed by atoms with Crippen molar-refractivity contribution < 1.29 is 9.59 Å². The zero-order valence-corrected chi connectivity index (χ0v) is 15.2. The van der Waals surface area contributed by atoms with Gasteiger partial charge in [-0.2, -0.15) is 0 Å². The van der Waals surface area contributed by atoms with Crippen molar-refractivity contribution in [2.45, 2.75) is 39.3 Å². The summed E-state index contributed by atoms with van der Waals surface area (Å²) in [6, 6.07) is 4.23. The monoisotopic (exact) mass is 357 g/mol. The second kappa shape index (κ2) is 6.57. The van der Waals surface area contributed by atoms with E-state index >= 15 is 0 Å². The molecule has 1 fully saturated rings. The normalized spacial score (nSPS) is 19.0. The topological polar surface area (TPSA) is 52.7 Å². The largest absolute Gasteiger partial charge is 0.333 e. The fraction of sp³-hybridized carbons (Fsp3) is 0.500. The third kappa shape index (κ3) is 4.09. The van der Waals surface area contributed by atoms with E-state index in [0.717, 1.165) is 0 Å². The molecular formula is C16H21Cl2N3O2. The Balaban J connectivity index is 2.17. The first-order chi connectivity index (χ1) is 10.6. The number of rotatable bonds is 1. The molecule has 0 radical (unpaired) electrons. The summed E-state index contributed by atoms with van der Waals surface area (Å²) in [6.07, 6.45) is 0. The number of piperazine rings is 1. The predicted molar refractivity (Wildman–Crippen MR) is 93.3 cm³/mol. The SMILES string of the molecule is C[C@H]1C(=O)N(c2ccc(Cl)cc2Cl)CCN1C(=O)NC(C)(C)C. The summed E-state index contributed by atoms with van der Waals surface area (Å²) >= 11 is 12.1. The quantitative estimate of drug-likeness (QED) is 0.835. The van der Waals surface area contributed by atoms with E-state index in [1.165, 1.54) is 0 Å². The third-order valence-electron chi connectivity index (χ3n) is 3.60. The maximum atomic E-state index is 12.7. The summed E-state index contributed by atoms with van der Waals surface area (Å²) < 4.78 is 0. The van der Waals surface area contributed by atoms with Gasteiger partial charge >= 0.3 is 6.03 Å². The fourth-order valence-electron chi connectivity index (χ4n) is 2.48. The van der Waals surface area contributed by atoms with Gasteiger partial charge in [-0.05, 0) is 45.9 Å². The highest BCUT2D eigenvalue weighted by molar-refractivity contribution is 6.36. The Morgan fingerprint density at radius 3 is 2.48 bits per heavy atom. The Morgan fingerprint density at radius 1 is 1.26 bits per heavy atom. The number of nitrogens with one attached hydrogen (secondary N) is 1. The molecule has 1 saturated heterocycles. The summed E-state index contributed by atoms with van der Waals surface area (Å²) in [5.41, 5.74) is 0.264. The van der Waals surface area contributed by atoms with Crippen LogP contribution in [0.3, 0.4) is 0 Å². The summed E-state index contributed by atoms with van der Waals surface area (Å²) in [5, 5.41) is 3.82. The number of hydrogen-bond acceptors (Lipinski definition) is 2. The highest BCUT2D eigenvalue weighted by atomic mass is 35.5. The Bertz CT molecular complexity index is 628. The molecule has 0 bridgehead atoms. The van der Waals surface area contributed by atoms with Crippen molar-refractivity contribution in [3.63, 3.8) is 0 Å². The van der Waals surface area contributed by atoms with E-state index in [-0.39, 0.29) is 17.5 Å². The molecule has 0 spiro atoms. The van der Waals surface area contributed by atoms with Crippen LogP contribution in [0.5, 0.6) is 0 Å². The number of amides is 3. The molecule has 1 aromatic rings. The van der Waals surface area contributed by atoms with Gasteiger partial charge in [0.1, 0.15) is 6.04 Å². The number of benzene rings is 1. The highest BCUT2D eigenvalue weighted by Gasteiger charge is 2.36. The lowest BCUT2D eigenvalue weighted by molar-refractivity contribution is -0.124. The van der Waals surface area contributed by atoms with E-state index in [9.17, 15) is 9.59 Å². The van der Waals surface area contributed by atoms with Crippen molar-refractivity contribution in [2.24, 2.45) is 0 Å². The van der Waals surface area contributed by atoms with Crippen LogP contribution in [0, 0.1) is 0 Å². The van der Waals surface area contributed by atoms with Gasteiger partial charge in [0.05, 0.1) is 10.7 Å². The van der Waals surface area contributed by atoms with Gasteiger partial charge < -0.3 is 15.1 Å². The molecule has 7 heteroatoms. The molecule has 1 aromatic carbocycles. The first kappa shape index (κ1) is 17.9. The lowest BCUT2D eigenvalue weighted by Gasteiger charge is -2.40. The molecule has 3 amide bonds. The van der Waals surface area contributed by atoms with Crippen molar-refractivity contribution in [3.8, 4) is 0 Å². The van der Waals surface area contributed by atoms with Gasteiger partial charge in [0, 0.05) is 23.7 Å². The van der Waals surface area contributed by atoms with Gasteiger partial charge in [0.2, 0.25) is 5.91 Å². The van der Waals surface area contributed by atoms with Crippen LogP contribution in [0.15, 0.2) is 18.2 Å². The number of hydrogen-bond donors (Lipinski definition) is 1. The van der Waals surface area contributed by atoms with Crippen molar-refractivity contribution in [1.29, 1.82) is 0 Å². The molecule has 1 N–H and O–H groups in total. The van der Waals surface area contributed by atoms with Crippen LogP contribution in [0.1, 0.15) is 27.7 Å². The summed E-state index contributed by atoms with van der Waals surface area (Å²) in [7, 11) is 0. The number of anilines is 1. The summed E-state index contributed by atoms with van der Waals surface area (Å²) in [4.78, 5) is 28.1. The van der Waals surface area contributed by atoms with Crippen molar-refractivity contribution >= 4 is 40.8 Å². The maximum absolute atomic E-state index is 12.7. The average molecular weight is 358 g/mol. The second-order valence-corrected chi connectivity index (χ2v) is 7.48. The lowest BCUT2D eigenvalue weighted by Crippen LogP contribution is -2.61. The maximum Gasteiger partial charge on any atom is 0.318 e. The zero-order chi connectivity index (χ0) is 17.4. The molecule has 1 aliphatic heterocycles. The number of nitrogens with zero attached hydrogens (tertiary/aromatic N) is 2. The summed E-state index contributed by atoms with van der Waals surface area (Å²) in [6.45, 7) is 8.26. The average Bonchev–Trinajstić information content (AvgIpc) is 2.40. The van der Waals surface area contributed by atoms with Crippen molar-refractivity contribution in [3.05, 3.63) is 28.2 Å². The molecule has 2 rings (SSSR count). The fourth-order valence-corrected chi connectivity index (χ4v) is 2.99. The Kier molecular flexibility index (Phi) is 5.11. The standard InChI is InChI=1S/C16H21Cl2N3O2/c1-10-14(22)21(13-6-5-11(17)9-12(13)18)8-7-20(10)15(23)19-16(2,3)4/h5-6,9-10H,7-8H2,1-4H3,(H,19,23)/t10-/m0/s1. The molecule has 0 unspecified atom stereocenters. The molecule has 1 aliphatic rings. The summed E-state index contributed by atoms with van der Waals surface area (Å²) in [5.74, 6) is -0.162. The van der Waals surface area contributed by atoms with E-state index < -0.39 is 6.04 Å². The molecule has 0 saturated carbocycles. The van der Waals surface area contributed by atoms with E-state index in [1.807, 2.05) is 20.8 Å². The molecule has 0 aliphatic carbocycles. The van der Waals surface area contributed by atoms with Crippen LogP contribution in [0.25, 0.3) is 0 Å². The number of carbonyl (C=O) groups excluding carboxylic acids is 2. The van der Waals surface area contributed by atoms with E-state index in [4.69, 9.17) is 23.2 Å². The molecule has 5 nitrogen and oxygen atoms in total. The minimum atomic E-state index is -0.558. The Morgan fingerprint density at radius 2 is 1.91 bits per heavy atom. The first-order valence-corrected chi connectivity index (χ1v) is 8.21. The van der Waals surface area contributed by atoms with E-state index in [1.54, 1.807) is 34.9 Å². The van der Waals surface area contributed by atoms with E-state index in [2.05, 4.69) is 5.32 Å². The number of urea groups is 1. The molecule has 1 heterocycles. The van der Waals surface area contributed by atoms with Crippen LogP contribution < -0.4 is 10.2 Å². The van der Waals surface area contributed by atoms with Gasteiger partial charge in [0.15, 0.2) is 0 Å². The van der Waals surface area contributed by atoms with Crippen LogP contribution in [0.4, 0.5) is 10.5 Å². The minimum Gasteiger partial charge on any atom is -0.333 e. The third-order valence-corrected chi connectivity index (χ3v) is 4.14. The number of carbonyl (C=O) groups is 2. The molecule has 0 aromatic heterocycles. The lowest BCUT2D eigenvalue weighted by atomic mass is 10.1. The zero-order valence-electron chi connectivity index (χ0n) is 13.7. The Hall–Kier alpha value is -1.46. The van der Waals surface area contributed by atoms with Crippen LogP contribution in [0.2, 0.25) is 10.0 Å². The smallest absolute Gasteiger partial charge is 0.318 e. The molecule has 23 heavy (non-hydrogen) atoms. The van der Waals surface area contributed by atoms with Gasteiger partial charge in [-0.25, -0.2) is 4.79 Å². The van der Waals surface area contributed by atoms with Crippen LogP contribution in [-0.4, -0.2) is 41.5 Å². The van der Waals surface area contributed by atoms with Gasteiger partial charge in [-0.15, -0.1) is 0 Å². The highest BCUT2D eigenvalue weighted by Crippen LogP contribution is 2.30. The van der Waals surface area contributed by atoms with Gasteiger partial charge in [-0.3, -0.25) is 4.79 Å². The minimum absolute atomic E-state index is 0.162. The van der Waals surface area contributed by atoms with Gasteiger partial charge in [-0.1, -0.05) is 23.2 Å². The van der Waals surface area contributed by atoms with Crippen molar-refractivity contribution in [1.82, 2.24) is 10.2 Å². The molecular weight excluding hydrogens is 337 g/mol. The predicted octanol–water partition coefficient (Wildman–Crippen LogP) is 3.54.